The fraction of sp³-hybridized carbons (Fsp3) is 0.643. The van der Waals surface area contributed by atoms with Crippen molar-refractivity contribution in [2.45, 2.75) is 25.7 Å². The second-order valence-corrected chi connectivity index (χ2v) is 5.24. The summed E-state index contributed by atoms with van der Waals surface area (Å²) in [5.74, 6) is -3.13. The molecule has 0 spiro atoms. The zero-order chi connectivity index (χ0) is 20.5. The van der Waals surface area contributed by atoms with Gasteiger partial charge in [-0.15, -0.1) is 0 Å². The number of nitrogens with one attached hydrogen (secondary N) is 4. The molecule has 0 aliphatic heterocycles. The Hall–Kier alpha value is -3.34. The highest BCUT2D eigenvalue weighted by atomic mass is 16.4. The van der Waals surface area contributed by atoms with Gasteiger partial charge in [0.15, 0.2) is 0 Å². The molecule has 0 unspecified atom stereocenters. The average Bonchev–Trinajstić information content (AvgIpc) is 2.62. The van der Waals surface area contributed by atoms with E-state index in [2.05, 4.69) is 31.3 Å². The summed E-state index contributed by atoms with van der Waals surface area (Å²) in [5, 5.41) is 21.0. The van der Waals surface area contributed by atoms with Crippen LogP contribution in [0.5, 0.6) is 0 Å². The van der Waals surface area contributed by atoms with Gasteiger partial charge >= 0.3 is 5.97 Å². The lowest BCUT2D eigenvalue weighted by Gasteiger charge is -2.08. The molecule has 0 radical (unpaired) electrons. The summed E-state index contributed by atoms with van der Waals surface area (Å²) in [7, 11) is 0. The van der Waals surface area contributed by atoms with E-state index in [1.54, 1.807) is 0 Å². The average molecular weight is 385 g/mol. The minimum atomic E-state index is -1.05. The van der Waals surface area contributed by atoms with Gasteiger partial charge in [0.25, 0.3) is 0 Å². The Morgan fingerprint density at radius 3 is 1.81 bits per heavy atom. The Labute approximate surface area is 154 Å². The number of azide groups is 1. The number of aliphatic carboxylic acids is 1. The van der Waals surface area contributed by atoms with Crippen LogP contribution in [0.4, 0.5) is 0 Å². The highest BCUT2D eigenvalue weighted by molar-refractivity contribution is 5.90. The van der Waals surface area contributed by atoms with Crippen LogP contribution in [0.2, 0.25) is 0 Å². The van der Waals surface area contributed by atoms with Crippen molar-refractivity contribution in [1.29, 1.82) is 0 Å². The van der Waals surface area contributed by atoms with E-state index < -0.39 is 23.7 Å². The molecule has 0 aromatic rings. The first kappa shape index (κ1) is 23.7. The van der Waals surface area contributed by atoms with Gasteiger partial charge < -0.3 is 26.4 Å². The first-order valence-corrected chi connectivity index (χ1v) is 8.14. The van der Waals surface area contributed by atoms with E-state index in [1.165, 1.54) is 0 Å². The number of unbranched alkanes of at least 4 members (excludes halogenated alkanes) is 1. The first-order valence-electron chi connectivity index (χ1n) is 8.14. The molecule has 0 saturated heterocycles. The predicted octanol–water partition coefficient (Wildman–Crippen LogP) is -1.59. The number of amides is 4. The molecule has 0 aromatic heterocycles. The number of rotatable bonds is 14. The number of hydrogen-bond acceptors (Lipinski definition) is 6. The molecule has 150 valence electrons. The Kier molecular flexibility index (Phi) is 13.1. The number of carboxylic acid groups (broad SMARTS) is 1. The van der Waals surface area contributed by atoms with Crippen LogP contribution in [0.15, 0.2) is 5.11 Å². The lowest BCUT2D eigenvalue weighted by atomic mass is 10.2. The number of carbonyl (C=O) groups excluding carboxylic acids is 4. The van der Waals surface area contributed by atoms with Crippen LogP contribution >= 0.6 is 0 Å². The molecule has 0 bridgehead atoms. The maximum absolute atomic E-state index is 11.5. The van der Waals surface area contributed by atoms with Crippen molar-refractivity contribution in [3.63, 3.8) is 0 Å². The Balaban J connectivity index is 3.74. The molecule has 0 saturated carbocycles. The maximum Gasteiger partial charge on any atom is 0.305 e. The maximum atomic E-state index is 11.5. The third-order valence-corrected chi connectivity index (χ3v) is 2.97. The van der Waals surface area contributed by atoms with Crippen LogP contribution in [0.3, 0.4) is 0 Å². The van der Waals surface area contributed by atoms with E-state index >= 15 is 0 Å². The molecule has 27 heavy (non-hydrogen) atoms. The zero-order valence-corrected chi connectivity index (χ0v) is 14.7. The number of carboxylic acids is 1. The van der Waals surface area contributed by atoms with Crippen molar-refractivity contribution < 1.29 is 29.1 Å². The van der Waals surface area contributed by atoms with Gasteiger partial charge in [0.2, 0.25) is 23.6 Å². The molecule has 13 nitrogen and oxygen atoms in total. The van der Waals surface area contributed by atoms with Gasteiger partial charge in [-0.3, -0.25) is 24.0 Å². The van der Waals surface area contributed by atoms with Crippen LogP contribution in [0.1, 0.15) is 25.7 Å². The van der Waals surface area contributed by atoms with E-state index in [-0.39, 0.29) is 44.9 Å². The first-order chi connectivity index (χ1) is 12.8. The van der Waals surface area contributed by atoms with Crippen molar-refractivity contribution in [2.75, 3.05) is 32.7 Å². The predicted molar refractivity (Wildman–Crippen MR) is 92.2 cm³/mol. The molecule has 13 heteroatoms. The van der Waals surface area contributed by atoms with E-state index in [4.69, 9.17) is 10.6 Å². The van der Waals surface area contributed by atoms with E-state index in [1.807, 2.05) is 0 Å². The van der Waals surface area contributed by atoms with Gasteiger partial charge in [0, 0.05) is 24.4 Å². The van der Waals surface area contributed by atoms with Gasteiger partial charge in [0.05, 0.1) is 26.1 Å². The number of hydrogen-bond donors (Lipinski definition) is 5. The minimum absolute atomic E-state index is 0.0496. The van der Waals surface area contributed by atoms with E-state index in [0.29, 0.717) is 19.4 Å². The van der Waals surface area contributed by atoms with Crippen molar-refractivity contribution in [3.05, 3.63) is 10.4 Å². The van der Waals surface area contributed by atoms with Crippen LogP contribution in [0, 0.1) is 0 Å². The number of carbonyl (C=O) groups is 5. The fourth-order valence-electron chi connectivity index (χ4n) is 1.63. The van der Waals surface area contributed by atoms with E-state index in [9.17, 15) is 24.0 Å². The summed E-state index contributed by atoms with van der Waals surface area (Å²) >= 11 is 0. The molecule has 0 heterocycles. The van der Waals surface area contributed by atoms with Crippen LogP contribution in [-0.4, -0.2) is 67.4 Å². The summed E-state index contributed by atoms with van der Waals surface area (Å²) in [6, 6.07) is 0. The summed E-state index contributed by atoms with van der Waals surface area (Å²) in [6.07, 6.45) is 1.04. The van der Waals surface area contributed by atoms with Gasteiger partial charge in [-0.2, -0.15) is 0 Å². The van der Waals surface area contributed by atoms with Crippen molar-refractivity contribution in [2.24, 2.45) is 5.11 Å². The van der Waals surface area contributed by atoms with Crippen molar-refractivity contribution in [3.8, 4) is 0 Å². The SMILES string of the molecule is [N-]=[N+]=NCCCCC(=O)NCC(=O)NCC(=O)NCC(=O)NCCC(=O)O. The highest BCUT2D eigenvalue weighted by Crippen LogP contribution is 1.95. The highest BCUT2D eigenvalue weighted by Gasteiger charge is 2.09. The Morgan fingerprint density at radius 2 is 1.30 bits per heavy atom. The molecule has 0 rings (SSSR count). The summed E-state index contributed by atoms with van der Waals surface area (Å²) < 4.78 is 0. The summed E-state index contributed by atoms with van der Waals surface area (Å²) in [5.41, 5.74) is 8.09. The molecule has 0 aliphatic rings. The molecule has 0 aliphatic carbocycles. The quantitative estimate of drug-likeness (QED) is 0.103. The molecule has 0 aromatic carbocycles. The number of nitrogens with zero attached hydrogens (tertiary/aromatic N) is 3. The van der Waals surface area contributed by atoms with Crippen LogP contribution in [0.25, 0.3) is 10.4 Å². The molecule has 5 N–H and O–H groups in total. The zero-order valence-electron chi connectivity index (χ0n) is 14.7. The minimum Gasteiger partial charge on any atom is -0.481 e. The summed E-state index contributed by atoms with van der Waals surface area (Å²) in [6.45, 7) is -0.759. The Morgan fingerprint density at radius 1 is 0.778 bits per heavy atom. The molecular formula is C14H23N7O6. The van der Waals surface area contributed by atoms with Crippen LogP contribution in [-0.2, 0) is 24.0 Å². The second kappa shape index (κ2) is 15.0. The van der Waals surface area contributed by atoms with Crippen LogP contribution < -0.4 is 21.3 Å². The second-order valence-electron chi connectivity index (χ2n) is 5.24. The van der Waals surface area contributed by atoms with Gasteiger partial charge in [-0.05, 0) is 18.4 Å². The monoisotopic (exact) mass is 385 g/mol. The van der Waals surface area contributed by atoms with Gasteiger partial charge in [-0.1, -0.05) is 5.11 Å². The Bertz CT molecular complexity index is 589. The largest absolute Gasteiger partial charge is 0.481 e. The molecule has 4 amide bonds. The third-order valence-electron chi connectivity index (χ3n) is 2.97. The third kappa shape index (κ3) is 15.9. The standard InChI is InChI=1S/C14H23N7O6/c15-21-20-5-2-1-3-10(22)17-8-12(24)19-9-13(25)18-7-11(23)16-6-4-14(26)27/h1-9H2,(H,16,23)(H,17,22)(H,18,25)(H,19,24)(H,26,27). The fourth-order valence-corrected chi connectivity index (χ4v) is 1.63. The van der Waals surface area contributed by atoms with Gasteiger partial charge in [-0.25, -0.2) is 0 Å². The smallest absolute Gasteiger partial charge is 0.305 e. The normalized spacial score (nSPS) is 9.48. The summed E-state index contributed by atoms with van der Waals surface area (Å²) in [4.78, 5) is 58.6. The molecule has 0 fully saturated rings. The molecular weight excluding hydrogens is 362 g/mol. The molecule has 0 atom stereocenters. The van der Waals surface area contributed by atoms with Gasteiger partial charge in [0.1, 0.15) is 0 Å². The van der Waals surface area contributed by atoms with Crippen molar-refractivity contribution in [1.82, 2.24) is 21.3 Å². The lowest BCUT2D eigenvalue weighted by Crippen LogP contribution is -2.44. The van der Waals surface area contributed by atoms with E-state index in [0.717, 1.165) is 0 Å². The lowest BCUT2D eigenvalue weighted by molar-refractivity contribution is -0.137. The van der Waals surface area contributed by atoms with Crippen molar-refractivity contribution >= 4 is 29.6 Å². The topological polar surface area (TPSA) is 202 Å².